The molecule has 0 radical (unpaired) electrons. The van der Waals surface area contributed by atoms with Gasteiger partial charge in [-0.3, -0.25) is 4.79 Å². The third kappa shape index (κ3) is 1.77. The maximum absolute atomic E-state index is 11.2. The highest BCUT2D eigenvalue weighted by molar-refractivity contribution is 5.85. The standard InChI is InChI=1S/C9H10O4/c1-3-6-4-7(10)5(2)8(13-6)9(11)12/h4H,3H2,1-2H3,(H,11,12). The molecule has 0 bridgehead atoms. The molecule has 0 spiro atoms. The molecule has 1 N–H and O–H groups in total. The van der Waals surface area contributed by atoms with Crippen molar-refractivity contribution in [2.75, 3.05) is 0 Å². The summed E-state index contributed by atoms with van der Waals surface area (Å²) in [6.45, 7) is 3.23. The Hall–Kier alpha value is -1.58. The molecule has 1 rings (SSSR count). The van der Waals surface area contributed by atoms with Gasteiger partial charge in [-0.1, -0.05) is 6.92 Å². The summed E-state index contributed by atoms with van der Waals surface area (Å²) >= 11 is 0. The summed E-state index contributed by atoms with van der Waals surface area (Å²) in [6, 6.07) is 1.32. The Kier molecular flexibility index (Phi) is 2.51. The first kappa shape index (κ1) is 9.51. The van der Waals surface area contributed by atoms with E-state index in [9.17, 15) is 9.59 Å². The lowest BCUT2D eigenvalue weighted by Crippen LogP contribution is -2.12. The van der Waals surface area contributed by atoms with E-state index in [1.165, 1.54) is 13.0 Å². The van der Waals surface area contributed by atoms with Gasteiger partial charge in [0.1, 0.15) is 5.76 Å². The van der Waals surface area contributed by atoms with E-state index in [2.05, 4.69) is 0 Å². The van der Waals surface area contributed by atoms with Crippen LogP contribution in [-0.2, 0) is 6.42 Å². The molecule has 13 heavy (non-hydrogen) atoms. The van der Waals surface area contributed by atoms with Crippen molar-refractivity contribution in [2.45, 2.75) is 20.3 Å². The fourth-order valence-corrected chi connectivity index (χ4v) is 0.982. The van der Waals surface area contributed by atoms with Gasteiger partial charge in [0.15, 0.2) is 5.43 Å². The largest absolute Gasteiger partial charge is 0.475 e. The first-order valence-corrected chi connectivity index (χ1v) is 3.93. The van der Waals surface area contributed by atoms with Crippen LogP contribution < -0.4 is 5.43 Å². The highest BCUT2D eigenvalue weighted by atomic mass is 16.4. The minimum atomic E-state index is -1.20. The molecule has 0 amide bonds. The molecule has 0 aliphatic carbocycles. The summed E-state index contributed by atoms with van der Waals surface area (Å²) in [5.74, 6) is -1.07. The van der Waals surface area contributed by atoms with Crippen molar-refractivity contribution in [1.82, 2.24) is 0 Å². The van der Waals surface area contributed by atoms with Crippen LogP contribution in [0.5, 0.6) is 0 Å². The summed E-state index contributed by atoms with van der Waals surface area (Å²) in [5.41, 5.74) is -0.148. The van der Waals surface area contributed by atoms with Crippen molar-refractivity contribution >= 4 is 5.97 Å². The van der Waals surface area contributed by atoms with Gasteiger partial charge in [0.25, 0.3) is 0 Å². The predicted octanol–water partition coefficient (Wildman–Crippen LogP) is 1.21. The predicted molar refractivity (Wildman–Crippen MR) is 46.1 cm³/mol. The summed E-state index contributed by atoms with van der Waals surface area (Å²) in [4.78, 5) is 21.8. The number of hydrogen-bond acceptors (Lipinski definition) is 3. The molecule has 0 unspecified atom stereocenters. The zero-order valence-electron chi connectivity index (χ0n) is 7.46. The second-order valence-electron chi connectivity index (χ2n) is 2.69. The minimum absolute atomic E-state index is 0.143. The van der Waals surface area contributed by atoms with Gasteiger partial charge in [0, 0.05) is 18.1 Å². The summed E-state index contributed by atoms with van der Waals surface area (Å²) in [5, 5.41) is 8.68. The molecule has 0 saturated heterocycles. The zero-order valence-corrected chi connectivity index (χ0v) is 7.46. The molecule has 0 saturated carbocycles. The number of hydrogen-bond donors (Lipinski definition) is 1. The van der Waals surface area contributed by atoms with Crippen molar-refractivity contribution in [3.8, 4) is 0 Å². The van der Waals surface area contributed by atoms with E-state index in [4.69, 9.17) is 9.52 Å². The Morgan fingerprint density at radius 3 is 2.69 bits per heavy atom. The molecule has 1 aromatic rings. The highest BCUT2D eigenvalue weighted by Crippen LogP contribution is 2.07. The average molecular weight is 182 g/mol. The molecular weight excluding hydrogens is 172 g/mol. The molecule has 70 valence electrons. The molecular formula is C9H10O4. The van der Waals surface area contributed by atoms with Crippen molar-refractivity contribution in [2.24, 2.45) is 0 Å². The quantitative estimate of drug-likeness (QED) is 0.746. The summed E-state index contributed by atoms with van der Waals surface area (Å²) in [6.07, 6.45) is 0.510. The number of aromatic carboxylic acids is 1. The lowest BCUT2D eigenvalue weighted by atomic mass is 10.2. The van der Waals surface area contributed by atoms with Gasteiger partial charge >= 0.3 is 5.97 Å². The molecule has 1 heterocycles. The van der Waals surface area contributed by atoms with E-state index in [1.54, 1.807) is 6.92 Å². The molecule has 0 aliphatic heterocycles. The van der Waals surface area contributed by atoms with Crippen LogP contribution in [0.2, 0.25) is 0 Å². The second-order valence-corrected chi connectivity index (χ2v) is 2.69. The number of aryl methyl sites for hydroxylation is 1. The maximum Gasteiger partial charge on any atom is 0.372 e. The van der Waals surface area contributed by atoms with Gasteiger partial charge in [-0.15, -0.1) is 0 Å². The Balaban J connectivity index is 3.42. The lowest BCUT2D eigenvalue weighted by Gasteiger charge is -2.01. The number of rotatable bonds is 2. The highest BCUT2D eigenvalue weighted by Gasteiger charge is 2.13. The summed E-state index contributed by atoms with van der Waals surface area (Å²) in [7, 11) is 0. The monoisotopic (exact) mass is 182 g/mol. The fraction of sp³-hybridized carbons (Fsp3) is 0.333. The molecule has 0 fully saturated rings. The average Bonchev–Trinajstić information content (AvgIpc) is 2.09. The zero-order chi connectivity index (χ0) is 10.0. The molecule has 4 nitrogen and oxygen atoms in total. The SMILES string of the molecule is CCc1cc(=O)c(C)c(C(=O)O)o1. The van der Waals surface area contributed by atoms with Gasteiger partial charge in [-0.25, -0.2) is 4.79 Å². The van der Waals surface area contributed by atoms with E-state index in [0.717, 1.165) is 0 Å². The van der Waals surface area contributed by atoms with E-state index in [0.29, 0.717) is 12.2 Å². The molecule has 1 aromatic heterocycles. The van der Waals surface area contributed by atoms with Gasteiger partial charge < -0.3 is 9.52 Å². The third-order valence-electron chi connectivity index (χ3n) is 1.78. The van der Waals surface area contributed by atoms with Crippen LogP contribution in [-0.4, -0.2) is 11.1 Å². The van der Waals surface area contributed by atoms with Crippen molar-refractivity contribution in [3.63, 3.8) is 0 Å². The first-order valence-electron chi connectivity index (χ1n) is 3.93. The fourth-order valence-electron chi connectivity index (χ4n) is 0.982. The number of carbonyl (C=O) groups is 1. The second kappa shape index (κ2) is 3.43. The van der Waals surface area contributed by atoms with Crippen LogP contribution in [0, 0.1) is 6.92 Å². The van der Waals surface area contributed by atoms with Crippen LogP contribution in [0.1, 0.15) is 28.8 Å². The van der Waals surface area contributed by atoms with Crippen LogP contribution in [0.3, 0.4) is 0 Å². The van der Waals surface area contributed by atoms with Gasteiger partial charge in [-0.2, -0.15) is 0 Å². The van der Waals surface area contributed by atoms with Crippen molar-refractivity contribution in [1.29, 1.82) is 0 Å². The van der Waals surface area contributed by atoms with Crippen LogP contribution in [0.4, 0.5) is 0 Å². The van der Waals surface area contributed by atoms with Crippen LogP contribution in [0.25, 0.3) is 0 Å². The van der Waals surface area contributed by atoms with E-state index < -0.39 is 5.97 Å². The van der Waals surface area contributed by atoms with Crippen molar-refractivity contribution in [3.05, 3.63) is 33.4 Å². The normalized spacial score (nSPS) is 10.0. The minimum Gasteiger partial charge on any atom is -0.475 e. The molecule has 0 atom stereocenters. The molecule has 0 aliphatic rings. The smallest absolute Gasteiger partial charge is 0.372 e. The Labute approximate surface area is 74.8 Å². The third-order valence-corrected chi connectivity index (χ3v) is 1.78. The maximum atomic E-state index is 11.2. The number of carboxylic acid groups (broad SMARTS) is 1. The van der Waals surface area contributed by atoms with E-state index in [-0.39, 0.29) is 16.8 Å². The number of carboxylic acids is 1. The van der Waals surface area contributed by atoms with Crippen LogP contribution in [0.15, 0.2) is 15.3 Å². The van der Waals surface area contributed by atoms with E-state index in [1.807, 2.05) is 0 Å². The Morgan fingerprint density at radius 1 is 1.62 bits per heavy atom. The van der Waals surface area contributed by atoms with Gasteiger partial charge in [-0.05, 0) is 6.92 Å². The van der Waals surface area contributed by atoms with Crippen molar-refractivity contribution < 1.29 is 14.3 Å². The summed E-state index contributed by atoms with van der Waals surface area (Å²) < 4.78 is 5.00. The van der Waals surface area contributed by atoms with Gasteiger partial charge in [0.2, 0.25) is 5.76 Å². The van der Waals surface area contributed by atoms with E-state index >= 15 is 0 Å². The molecule has 4 heteroatoms. The van der Waals surface area contributed by atoms with Gasteiger partial charge in [0.05, 0.1) is 0 Å². The Morgan fingerprint density at radius 2 is 2.23 bits per heavy atom. The first-order chi connectivity index (χ1) is 6.06. The Bertz CT molecular complexity index is 389. The van der Waals surface area contributed by atoms with Crippen LogP contribution >= 0.6 is 0 Å². The topological polar surface area (TPSA) is 67.5 Å². The molecule has 0 aromatic carbocycles. The lowest BCUT2D eigenvalue weighted by molar-refractivity contribution is 0.0655.